The van der Waals surface area contributed by atoms with Crippen LogP contribution in [0.5, 0.6) is 5.88 Å². The van der Waals surface area contributed by atoms with E-state index in [-0.39, 0.29) is 31.0 Å². The third-order valence-corrected chi connectivity index (χ3v) is 5.29. The summed E-state index contributed by atoms with van der Waals surface area (Å²) in [5, 5.41) is 30.1. The van der Waals surface area contributed by atoms with E-state index in [1.807, 2.05) is 0 Å². The van der Waals surface area contributed by atoms with Gasteiger partial charge in [-0.1, -0.05) is 18.3 Å². The first-order valence-electron chi connectivity index (χ1n) is 8.75. The highest BCUT2D eigenvalue weighted by Gasteiger charge is 2.49. The fourth-order valence-electron chi connectivity index (χ4n) is 2.87. The lowest BCUT2D eigenvalue weighted by atomic mass is 10.1. The van der Waals surface area contributed by atoms with Gasteiger partial charge in [0.2, 0.25) is 11.8 Å². The van der Waals surface area contributed by atoms with Crippen LogP contribution in [-0.2, 0) is 9.47 Å². The van der Waals surface area contributed by atoms with E-state index < -0.39 is 37.2 Å². The second-order valence-electron chi connectivity index (χ2n) is 6.30. The average molecular weight is 429 g/mol. The second kappa shape index (κ2) is 8.59. The van der Waals surface area contributed by atoms with Crippen molar-refractivity contribution in [3.05, 3.63) is 11.6 Å². The van der Waals surface area contributed by atoms with Crippen molar-refractivity contribution in [3.63, 3.8) is 0 Å². The first-order valence-corrected chi connectivity index (χ1v) is 9.56. The fraction of sp³-hybridized carbons (Fsp3) is 0.562. The highest BCUT2D eigenvalue weighted by Crippen LogP contribution is 2.50. The van der Waals surface area contributed by atoms with Crippen LogP contribution in [0.3, 0.4) is 0 Å². The van der Waals surface area contributed by atoms with Crippen molar-refractivity contribution in [3.8, 4) is 5.88 Å². The van der Waals surface area contributed by atoms with Crippen LogP contribution in [0.4, 0.5) is 16.6 Å². The molecule has 0 unspecified atom stereocenters. The topological polar surface area (TPSA) is 164 Å². The van der Waals surface area contributed by atoms with E-state index in [2.05, 4.69) is 16.5 Å². The van der Waals surface area contributed by atoms with Gasteiger partial charge in [0.25, 0.3) is 0 Å². The minimum absolute atomic E-state index is 0.107. The van der Waals surface area contributed by atoms with Crippen LogP contribution in [0.25, 0.3) is 0 Å². The zero-order chi connectivity index (χ0) is 21.3. The van der Waals surface area contributed by atoms with Crippen LogP contribution in [0, 0.1) is 0 Å². The summed E-state index contributed by atoms with van der Waals surface area (Å²) in [6.07, 6.45) is -5.14. The van der Waals surface area contributed by atoms with Crippen LogP contribution in [-0.4, -0.2) is 87.8 Å². The summed E-state index contributed by atoms with van der Waals surface area (Å²) in [5.74, 6) is 0.282. The second-order valence-corrected chi connectivity index (χ2v) is 7.39. The zero-order valence-electron chi connectivity index (χ0n) is 15.9. The van der Waals surface area contributed by atoms with Gasteiger partial charge in [-0.25, -0.2) is 4.79 Å². The van der Waals surface area contributed by atoms with Gasteiger partial charge in [-0.2, -0.15) is 9.97 Å². The molecule has 1 amide bonds. The number of anilines is 2. The number of amides is 1. The molecule has 4 atom stereocenters. The molecule has 2 aliphatic heterocycles. The number of nitrogens with zero attached hydrogens (tertiary/aromatic N) is 4. The fourth-order valence-corrected chi connectivity index (χ4v) is 3.82. The maximum atomic E-state index is 11.7. The first-order chi connectivity index (χ1) is 13.8. The molecular formula is C16H23N5O7S. The number of nitrogen functional groups attached to an aromatic ring is 1. The van der Waals surface area contributed by atoms with E-state index in [4.69, 9.17) is 19.9 Å². The number of aliphatic hydroxyl groups excluding tert-OH is 3. The van der Waals surface area contributed by atoms with Crippen molar-refractivity contribution in [2.24, 2.45) is 0 Å². The van der Waals surface area contributed by atoms with E-state index in [1.54, 1.807) is 6.92 Å². The largest absolute Gasteiger partial charge is 0.455 e. The molecule has 3 heterocycles. The summed E-state index contributed by atoms with van der Waals surface area (Å²) in [6, 6.07) is 0. The zero-order valence-corrected chi connectivity index (χ0v) is 16.7. The van der Waals surface area contributed by atoms with E-state index in [9.17, 15) is 20.1 Å². The summed E-state index contributed by atoms with van der Waals surface area (Å²) in [6.45, 7) is 5.24. The van der Waals surface area contributed by atoms with E-state index >= 15 is 0 Å². The quantitative estimate of drug-likeness (QED) is 0.421. The van der Waals surface area contributed by atoms with Crippen LogP contribution >= 0.6 is 11.8 Å². The van der Waals surface area contributed by atoms with Gasteiger partial charge in [0.15, 0.2) is 18.8 Å². The average Bonchev–Trinajstić information content (AvgIpc) is 3.15. The van der Waals surface area contributed by atoms with Crippen molar-refractivity contribution in [2.75, 3.05) is 37.6 Å². The highest BCUT2D eigenvalue weighted by atomic mass is 32.2. The Hall–Kier alpha value is -2.32. The van der Waals surface area contributed by atoms with Gasteiger partial charge in [0.05, 0.1) is 18.2 Å². The number of carbonyl (C=O) groups is 1. The third-order valence-electron chi connectivity index (χ3n) is 4.30. The molecule has 1 fully saturated rings. The monoisotopic (exact) mass is 429 g/mol. The van der Waals surface area contributed by atoms with Crippen LogP contribution in [0.1, 0.15) is 6.92 Å². The molecule has 0 aliphatic carbocycles. The van der Waals surface area contributed by atoms with Crippen LogP contribution in [0.2, 0.25) is 0 Å². The van der Waals surface area contributed by atoms with Crippen molar-refractivity contribution in [1.29, 1.82) is 0 Å². The molecule has 1 aromatic heterocycles. The summed E-state index contributed by atoms with van der Waals surface area (Å²) in [7, 11) is 1.50. The smallest absolute Gasteiger partial charge is 0.412 e. The Morgan fingerprint density at radius 3 is 2.76 bits per heavy atom. The molecule has 0 aromatic carbocycles. The van der Waals surface area contributed by atoms with E-state index in [1.165, 1.54) is 16.8 Å². The molecule has 0 spiro atoms. The Morgan fingerprint density at radius 1 is 1.41 bits per heavy atom. The number of thioether (sulfide) groups is 1. The molecule has 5 N–H and O–H groups in total. The minimum Gasteiger partial charge on any atom is -0.455 e. The third kappa shape index (κ3) is 4.04. The van der Waals surface area contributed by atoms with Crippen molar-refractivity contribution < 1.29 is 34.3 Å². The normalized spacial score (nSPS) is 25.8. The molecule has 12 nitrogen and oxygen atoms in total. The van der Waals surface area contributed by atoms with Crippen molar-refractivity contribution in [2.45, 2.75) is 36.4 Å². The molecule has 13 heteroatoms. The van der Waals surface area contributed by atoms with E-state index in [0.717, 1.165) is 11.8 Å². The Balaban J connectivity index is 1.84. The summed E-state index contributed by atoms with van der Waals surface area (Å²) in [5.41, 5.74) is 5.80. The molecule has 0 bridgehead atoms. The SMILES string of the molecule is C=C1Sc2c(OCN(C)C(=O)OCC)nc(N)nc2N1[C@@H]1O[C@H](CO)[C@@H](O)[C@H]1O. The van der Waals surface area contributed by atoms with Crippen molar-refractivity contribution in [1.82, 2.24) is 14.9 Å². The van der Waals surface area contributed by atoms with E-state index in [0.29, 0.717) is 9.92 Å². The number of rotatable bonds is 6. The molecular weight excluding hydrogens is 406 g/mol. The number of aromatic nitrogens is 2. The maximum Gasteiger partial charge on any atom is 0.412 e. The molecule has 29 heavy (non-hydrogen) atoms. The lowest BCUT2D eigenvalue weighted by Gasteiger charge is -2.27. The van der Waals surface area contributed by atoms with Crippen LogP contribution in [0.15, 0.2) is 16.5 Å². The predicted molar refractivity (Wildman–Crippen MR) is 102 cm³/mol. The molecule has 1 aromatic rings. The van der Waals surface area contributed by atoms with Gasteiger partial charge in [-0.3, -0.25) is 9.80 Å². The summed E-state index contributed by atoms with van der Waals surface area (Å²) < 4.78 is 16.1. The molecule has 0 saturated carbocycles. The standard InChI is InChI=1S/C16H23N5O7S/c1-4-26-16(25)20(3)6-27-13-11-12(18-15(17)19-13)21(7(2)29-11)14-10(24)9(23)8(5-22)28-14/h8-10,14,22-24H,2,4-6H2,1,3H3,(H2,17,18,19)/t8-,9-,10-,14-/m1/s1. The first kappa shape index (κ1) is 21.4. The molecule has 0 radical (unpaired) electrons. The Morgan fingerprint density at radius 2 is 2.14 bits per heavy atom. The van der Waals surface area contributed by atoms with Crippen LogP contribution < -0.4 is 15.4 Å². The van der Waals surface area contributed by atoms with Gasteiger partial charge in [-0.05, 0) is 6.92 Å². The maximum absolute atomic E-state index is 11.7. The lowest BCUT2D eigenvalue weighted by molar-refractivity contribution is -0.0205. The number of aliphatic hydroxyl groups is 3. The molecule has 3 rings (SSSR count). The number of ether oxygens (including phenoxy) is 3. The van der Waals surface area contributed by atoms with Gasteiger partial charge in [0.1, 0.15) is 23.2 Å². The highest BCUT2D eigenvalue weighted by molar-refractivity contribution is 8.03. The molecule has 160 valence electrons. The number of nitrogens with two attached hydrogens (primary N) is 1. The number of hydrogen-bond donors (Lipinski definition) is 4. The van der Waals surface area contributed by atoms with Gasteiger partial charge in [-0.15, -0.1) is 0 Å². The van der Waals surface area contributed by atoms with Gasteiger partial charge >= 0.3 is 6.09 Å². The Bertz CT molecular complexity index is 797. The summed E-state index contributed by atoms with van der Waals surface area (Å²) in [4.78, 5) is 23.1. The molecule has 1 saturated heterocycles. The predicted octanol–water partition coefficient (Wildman–Crippen LogP) is -0.694. The number of hydrogen-bond acceptors (Lipinski definition) is 12. The molecule has 2 aliphatic rings. The number of fused-ring (bicyclic) bond motifs is 1. The van der Waals surface area contributed by atoms with Gasteiger partial charge < -0.3 is 35.3 Å². The lowest BCUT2D eigenvalue weighted by Crippen LogP contribution is -2.42. The van der Waals surface area contributed by atoms with Gasteiger partial charge in [0, 0.05) is 7.05 Å². The minimum atomic E-state index is -1.31. The number of carbonyl (C=O) groups excluding carboxylic acids is 1. The van der Waals surface area contributed by atoms with Crippen molar-refractivity contribution >= 4 is 29.6 Å². The Labute approximate surface area is 170 Å². The summed E-state index contributed by atoms with van der Waals surface area (Å²) >= 11 is 1.16. The Kier molecular flexibility index (Phi) is 6.33.